The van der Waals surface area contributed by atoms with Crippen LogP contribution in [0.4, 0.5) is 0 Å². The largest absolute Gasteiger partial charge is 0.381 e. The smallest absolute Gasteiger partial charge is 0.363 e. The zero-order valence-electron chi connectivity index (χ0n) is 15.9. The van der Waals surface area contributed by atoms with E-state index < -0.39 is 5.97 Å². The Bertz CT molecular complexity index is 664. The summed E-state index contributed by atoms with van der Waals surface area (Å²) in [6.07, 6.45) is 4.19. The summed E-state index contributed by atoms with van der Waals surface area (Å²) in [6, 6.07) is 6.89. The maximum absolute atomic E-state index is 12.1. The monoisotopic (exact) mass is 373 g/mol. The molecule has 27 heavy (non-hydrogen) atoms. The van der Waals surface area contributed by atoms with Crippen molar-refractivity contribution in [1.29, 1.82) is 0 Å². The van der Waals surface area contributed by atoms with Gasteiger partial charge in [0, 0.05) is 32.5 Å². The molecule has 1 fully saturated rings. The third-order valence-corrected chi connectivity index (χ3v) is 4.29. The molecule has 1 aromatic rings. The number of allylic oxidation sites excluding steroid dienone is 1. The molecule has 0 aliphatic carbocycles. The van der Waals surface area contributed by atoms with E-state index in [1.165, 1.54) is 0 Å². The lowest BCUT2D eigenvalue weighted by atomic mass is 10.0. The van der Waals surface area contributed by atoms with Gasteiger partial charge in [0.1, 0.15) is 5.78 Å². The molecular weight excluding hydrogens is 346 g/mol. The molecule has 0 atom stereocenters. The Morgan fingerprint density at radius 2 is 1.85 bits per heavy atom. The van der Waals surface area contributed by atoms with Gasteiger partial charge in [-0.1, -0.05) is 25.6 Å². The number of carbonyl (C=O) groups excluding carboxylic acids is 3. The van der Waals surface area contributed by atoms with Crippen molar-refractivity contribution in [2.45, 2.75) is 51.9 Å². The van der Waals surface area contributed by atoms with Crippen LogP contribution < -0.4 is 0 Å². The summed E-state index contributed by atoms with van der Waals surface area (Å²) >= 11 is 0. The van der Waals surface area contributed by atoms with Crippen molar-refractivity contribution < 1.29 is 24.0 Å². The second-order valence-corrected chi connectivity index (χ2v) is 6.58. The zero-order valence-corrected chi connectivity index (χ0v) is 15.9. The molecule has 0 unspecified atom stereocenters. The minimum atomic E-state index is -0.596. The van der Waals surface area contributed by atoms with Crippen LogP contribution in [0.1, 0.15) is 61.4 Å². The SMILES string of the molecule is C=C1CCC(=O)N1OC(=O)c1ccc(CCC(=O)CCCOCCC)cc1. The molecule has 0 radical (unpaired) electrons. The molecule has 2 rings (SSSR count). The summed E-state index contributed by atoms with van der Waals surface area (Å²) < 4.78 is 5.37. The Hall–Kier alpha value is -2.47. The average Bonchev–Trinajstić information content (AvgIpc) is 2.98. The molecule has 0 saturated carbocycles. The number of carbonyl (C=O) groups is 3. The minimum Gasteiger partial charge on any atom is -0.381 e. The molecule has 1 aromatic carbocycles. The van der Waals surface area contributed by atoms with Crippen molar-refractivity contribution in [2.75, 3.05) is 13.2 Å². The first-order chi connectivity index (χ1) is 13.0. The molecular formula is C21H27NO5. The number of rotatable bonds is 11. The maximum Gasteiger partial charge on any atom is 0.363 e. The lowest BCUT2D eigenvalue weighted by Gasteiger charge is -2.15. The molecule has 0 bridgehead atoms. The van der Waals surface area contributed by atoms with Crippen molar-refractivity contribution in [3.8, 4) is 0 Å². The standard InChI is InChI=1S/C21H27NO5/c1-3-14-26-15-4-5-19(23)12-9-17-7-10-18(11-8-17)21(25)27-22-16(2)6-13-20(22)24/h7-8,10-11H,2-6,9,12-15H2,1H3. The van der Waals surface area contributed by atoms with Gasteiger partial charge in [-0.3, -0.25) is 9.59 Å². The Kier molecular flexibility index (Phi) is 8.20. The van der Waals surface area contributed by atoms with E-state index in [0.717, 1.165) is 30.1 Å². The number of hydroxylamine groups is 2. The molecule has 6 heteroatoms. The third kappa shape index (κ3) is 6.64. The van der Waals surface area contributed by atoms with Gasteiger partial charge >= 0.3 is 5.97 Å². The number of nitrogens with zero attached hydrogens (tertiary/aromatic N) is 1. The van der Waals surface area contributed by atoms with Crippen LogP contribution in [-0.4, -0.2) is 35.9 Å². The molecule has 1 aliphatic heterocycles. The molecule has 1 amide bonds. The Labute approximate surface area is 160 Å². The quantitative estimate of drug-likeness (QED) is 0.554. The summed E-state index contributed by atoms with van der Waals surface area (Å²) in [7, 11) is 0. The van der Waals surface area contributed by atoms with E-state index in [1.807, 2.05) is 0 Å². The predicted molar refractivity (Wildman–Crippen MR) is 101 cm³/mol. The van der Waals surface area contributed by atoms with Gasteiger partial charge in [0.05, 0.1) is 11.3 Å². The van der Waals surface area contributed by atoms with Crippen molar-refractivity contribution in [2.24, 2.45) is 0 Å². The summed E-state index contributed by atoms with van der Waals surface area (Å²) in [5.74, 6) is -0.644. The first-order valence-corrected chi connectivity index (χ1v) is 9.42. The minimum absolute atomic E-state index is 0.213. The van der Waals surface area contributed by atoms with Crippen LogP contribution in [0, 0.1) is 0 Å². The Morgan fingerprint density at radius 1 is 1.11 bits per heavy atom. The number of benzene rings is 1. The second kappa shape index (κ2) is 10.6. The van der Waals surface area contributed by atoms with Crippen LogP contribution in [0.5, 0.6) is 0 Å². The van der Waals surface area contributed by atoms with Crippen molar-refractivity contribution in [3.63, 3.8) is 0 Å². The van der Waals surface area contributed by atoms with Crippen LogP contribution in [0.25, 0.3) is 0 Å². The highest BCUT2D eigenvalue weighted by atomic mass is 16.7. The van der Waals surface area contributed by atoms with Crippen molar-refractivity contribution in [1.82, 2.24) is 5.06 Å². The van der Waals surface area contributed by atoms with E-state index in [0.29, 0.717) is 50.0 Å². The highest BCUT2D eigenvalue weighted by Gasteiger charge is 2.28. The molecule has 1 heterocycles. The number of hydrogen-bond donors (Lipinski definition) is 0. The zero-order chi connectivity index (χ0) is 19.6. The Balaban J connectivity index is 1.74. The molecule has 0 aromatic heterocycles. The lowest BCUT2D eigenvalue weighted by Crippen LogP contribution is -2.26. The number of ketones is 1. The van der Waals surface area contributed by atoms with Gasteiger partial charge in [0.2, 0.25) is 0 Å². The molecule has 1 aliphatic rings. The number of amides is 1. The summed E-state index contributed by atoms with van der Waals surface area (Å²) in [5.41, 5.74) is 1.82. The number of aryl methyl sites for hydroxylation is 1. The van der Waals surface area contributed by atoms with Crippen LogP contribution in [0.15, 0.2) is 36.5 Å². The summed E-state index contributed by atoms with van der Waals surface area (Å²) in [5, 5.41) is 0.971. The average molecular weight is 373 g/mol. The van der Waals surface area contributed by atoms with Crippen molar-refractivity contribution in [3.05, 3.63) is 47.7 Å². The van der Waals surface area contributed by atoms with Crippen LogP contribution in [-0.2, 0) is 25.6 Å². The highest BCUT2D eigenvalue weighted by Crippen LogP contribution is 2.22. The van der Waals surface area contributed by atoms with Gasteiger partial charge in [0.25, 0.3) is 5.91 Å². The fourth-order valence-electron chi connectivity index (χ4n) is 2.72. The van der Waals surface area contributed by atoms with Gasteiger partial charge in [-0.2, -0.15) is 0 Å². The van der Waals surface area contributed by atoms with Gasteiger partial charge in [-0.25, -0.2) is 4.79 Å². The number of Topliss-reactive ketones (excluding diaryl/α,β-unsaturated/α-hetero) is 1. The van der Waals surface area contributed by atoms with Gasteiger partial charge in [-0.15, -0.1) is 5.06 Å². The molecule has 1 saturated heterocycles. The maximum atomic E-state index is 12.1. The lowest BCUT2D eigenvalue weighted by molar-refractivity contribution is -0.153. The van der Waals surface area contributed by atoms with Crippen molar-refractivity contribution >= 4 is 17.7 Å². The molecule has 0 spiro atoms. The first kappa shape index (κ1) is 20.8. The van der Waals surface area contributed by atoms with Crippen LogP contribution in [0.3, 0.4) is 0 Å². The normalized spacial score (nSPS) is 13.9. The number of ether oxygens (including phenoxy) is 1. The fraction of sp³-hybridized carbons (Fsp3) is 0.476. The molecule has 146 valence electrons. The molecule has 0 N–H and O–H groups in total. The third-order valence-electron chi connectivity index (χ3n) is 4.29. The fourth-order valence-corrected chi connectivity index (χ4v) is 2.72. The van der Waals surface area contributed by atoms with Gasteiger partial charge in [-0.05, 0) is 43.4 Å². The second-order valence-electron chi connectivity index (χ2n) is 6.58. The van der Waals surface area contributed by atoms with E-state index in [4.69, 9.17) is 9.57 Å². The molecule has 6 nitrogen and oxygen atoms in total. The van der Waals surface area contributed by atoms with E-state index in [-0.39, 0.29) is 11.7 Å². The van der Waals surface area contributed by atoms with E-state index in [2.05, 4.69) is 13.5 Å². The van der Waals surface area contributed by atoms with Gasteiger partial charge in [0.15, 0.2) is 0 Å². The predicted octanol–water partition coefficient (Wildman–Crippen LogP) is 3.60. The summed E-state index contributed by atoms with van der Waals surface area (Å²) in [4.78, 5) is 40.8. The first-order valence-electron chi connectivity index (χ1n) is 9.42. The topological polar surface area (TPSA) is 72.9 Å². The summed E-state index contributed by atoms with van der Waals surface area (Å²) in [6.45, 7) is 7.13. The number of hydrogen-bond acceptors (Lipinski definition) is 5. The van der Waals surface area contributed by atoms with Crippen LogP contribution in [0.2, 0.25) is 0 Å². The van der Waals surface area contributed by atoms with Gasteiger partial charge < -0.3 is 9.57 Å². The van der Waals surface area contributed by atoms with Crippen LogP contribution >= 0.6 is 0 Å². The van der Waals surface area contributed by atoms with E-state index in [1.54, 1.807) is 24.3 Å². The Morgan fingerprint density at radius 3 is 2.48 bits per heavy atom. The van der Waals surface area contributed by atoms with E-state index >= 15 is 0 Å². The van der Waals surface area contributed by atoms with E-state index in [9.17, 15) is 14.4 Å². The highest BCUT2D eigenvalue weighted by molar-refractivity contribution is 5.91.